The number of benzene rings is 2. The van der Waals surface area contributed by atoms with E-state index in [0.717, 1.165) is 10.8 Å². The lowest BCUT2D eigenvalue weighted by atomic mass is 10.1. The average Bonchev–Trinajstić information content (AvgIpc) is 2.98. The quantitative estimate of drug-likeness (QED) is 0.946. The van der Waals surface area contributed by atoms with E-state index in [4.69, 9.17) is 0 Å². The summed E-state index contributed by atoms with van der Waals surface area (Å²) < 4.78 is 24.1. The maximum absolute atomic E-state index is 12.9. The third-order valence-corrected chi connectivity index (χ3v) is 6.83. The van der Waals surface area contributed by atoms with Crippen molar-refractivity contribution < 1.29 is 18.3 Å². The summed E-state index contributed by atoms with van der Waals surface area (Å²) in [7, 11) is -3.89. The molecule has 2 aromatic rings. The molecule has 0 saturated heterocycles. The third kappa shape index (κ3) is 2.03. The van der Waals surface area contributed by atoms with Crippen molar-refractivity contribution in [1.82, 2.24) is 0 Å². The van der Waals surface area contributed by atoms with Crippen molar-refractivity contribution in [1.29, 1.82) is 0 Å². The molecule has 1 fully saturated rings. The first-order chi connectivity index (χ1) is 9.97. The lowest BCUT2D eigenvalue weighted by Crippen LogP contribution is -2.43. The second kappa shape index (κ2) is 4.84. The summed E-state index contributed by atoms with van der Waals surface area (Å²) in [6.07, 6.45) is 1.66. The van der Waals surface area contributed by atoms with Crippen molar-refractivity contribution in [3.8, 4) is 0 Å². The van der Waals surface area contributed by atoms with Crippen LogP contribution in [-0.2, 0) is 14.6 Å². The van der Waals surface area contributed by atoms with Gasteiger partial charge in [-0.2, -0.15) is 0 Å². The van der Waals surface area contributed by atoms with Crippen LogP contribution < -0.4 is 0 Å². The number of carboxylic acid groups (broad SMARTS) is 1. The summed E-state index contributed by atoms with van der Waals surface area (Å²) in [5.41, 5.74) is 0. The lowest BCUT2D eigenvalue weighted by molar-refractivity contribution is -0.139. The minimum absolute atomic E-state index is 0.102. The Morgan fingerprint density at radius 1 is 1.00 bits per heavy atom. The Hall–Kier alpha value is -1.88. The first-order valence-electron chi connectivity index (χ1n) is 6.94. The van der Waals surface area contributed by atoms with Crippen molar-refractivity contribution in [3.05, 3.63) is 42.5 Å². The van der Waals surface area contributed by atoms with E-state index >= 15 is 0 Å². The molecule has 110 valence electrons. The van der Waals surface area contributed by atoms with E-state index in [0.29, 0.717) is 12.8 Å². The molecular weight excluding hydrogens is 288 g/mol. The highest BCUT2D eigenvalue weighted by molar-refractivity contribution is 7.93. The molecule has 1 aliphatic rings. The number of fused-ring (bicyclic) bond motifs is 1. The maximum atomic E-state index is 12.9. The molecule has 1 saturated carbocycles. The second-order valence-electron chi connectivity index (χ2n) is 5.52. The van der Waals surface area contributed by atoms with Gasteiger partial charge in [-0.15, -0.1) is 0 Å². The smallest absolute Gasteiger partial charge is 0.325 e. The van der Waals surface area contributed by atoms with E-state index in [9.17, 15) is 18.3 Å². The summed E-state index contributed by atoms with van der Waals surface area (Å²) in [4.78, 5) is 11.7. The van der Waals surface area contributed by atoms with Gasteiger partial charge in [0.05, 0.1) is 4.90 Å². The summed E-state index contributed by atoms with van der Waals surface area (Å²) in [5, 5.41) is 11.2. The van der Waals surface area contributed by atoms with Crippen LogP contribution in [0.3, 0.4) is 0 Å². The number of sulfone groups is 1. The van der Waals surface area contributed by atoms with Crippen LogP contribution in [0.1, 0.15) is 25.7 Å². The van der Waals surface area contributed by atoms with Gasteiger partial charge in [-0.1, -0.05) is 43.2 Å². The van der Waals surface area contributed by atoms with Crippen LogP contribution >= 0.6 is 0 Å². The molecule has 1 N–H and O–H groups in total. The summed E-state index contributed by atoms with van der Waals surface area (Å²) in [5.74, 6) is -1.23. The topological polar surface area (TPSA) is 71.4 Å². The zero-order valence-corrected chi connectivity index (χ0v) is 12.3. The molecule has 0 unspecified atom stereocenters. The van der Waals surface area contributed by atoms with E-state index in [1.807, 2.05) is 24.3 Å². The van der Waals surface area contributed by atoms with Gasteiger partial charge >= 0.3 is 5.97 Å². The molecule has 0 amide bonds. The standard InChI is InChI=1S/C16H16O4S/c17-15(18)16(9-3-4-10-16)21(19,20)14-8-7-12-5-1-2-6-13(12)11-14/h1-2,5-8,11H,3-4,9-10H2,(H,17,18). The number of carbonyl (C=O) groups is 1. The van der Waals surface area contributed by atoms with Crippen molar-refractivity contribution in [2.45, 2.75) is 35.3 Å². The number of hydrogen-bond donors (Lipinski definition) is 1. The van der Waals surface area contributed by atoms with Gasteiger partial charge in [0.1, 0.15) is 0 Å². The Labute approximate surface area is 123 Å². The average molecular weight is 304 g/mol. The molecule has 0 aromatic heterocycles. The van der Waals surface area contributed by atoms with Gasteiger partial charge in [-0.3, -0.25) is 4.79 Å². The molecule has 0 radical (unpaired) electrons. The number of hydrogen-bond acceptors (Lipinski definition) is 3. The minimum atomic E-state index is -3.89. The number of carboxylic acids is 1. The summed E-state index contributed by atoms with van der Waals surface area (Å²) >= 11 is 0. The fourth-order valence-corrected chi connectivity index (χ4v) is 5.14. The van der Waals surface area contributed by atoms with Gasteiger partial charge in [0.2, 0.25) is 0 Å². The van der Waals surface area contributed by atoms with Gasteiger partial charge in [0.15, 0.2) is 14.6 Å². The SMILES string of the molecule is O=C(O)C1(S(=O)(=O)c2ccc3ccccc3c2)CCCC1. The van der Waals surface area contributed by atoms with Crippen LogP contribution in [0.2, 0.25) is 0 Å². The van der Waals surface area contributed by atoms with Crippen LogP contribution in [-0.4, -0.2) is 24.2 Å². The fraction of sp³-hybridized carbons (Fsp3) is 0.312. The normalized spacial score (nSPS) is 17.9. The first-order valence-corrected chi connectivity index (χ1v) is 8.42. The van der Waals surface area contributed by atoms with Crippen LogP contribution in [0.15, 0.2) is 47.4 Å². The highest BCUT2D eigenvalue weighted by Gasteiger charge is 2.53. The predicted octanol–water partition coefficient (Wildman–Crippen LogP) is 3.01. The van der Waals surface area contributed by atoms with Crippen LogP contribution in [0.5, 0.6) is 0 Å². The van der Waals surface area contributed by atoms with E-state index < -0.39 is 20.6 Å². The van der Waals surface area contributed by atoms with Gasteiger partial charge < -0.3 is 5.11 Å². The zero-order valence-electron chi connectivity index (χ0n) is 11.5. The molecular formula is C16H16O4S. The number of aliphatic carboxylic acids is 1. The molecule has 5 heteroatoms. The van der Waals surface area contributed by atoms with Crippen molar-refractivity contribution in [2.24, 2.45) is 0 Å². The first kappa shape index (κ1) is 14.1. The highest BCUT2D eigenvalue weighted by Crippen LogP contribution is 2.41. The van der Waals surface area contributed by atoms with Gasteiger partial charge in [-0.05, 0) is 35.7 Å². The monoisotopic (exact) mass is 304 g/mol. The molecule has 0 spiro atoms. The molecule has 0 aliphatic heterocycles. The Morgan fingerprint density at radius 3 is 2.24 bits per heavy atom. The molecule has 3 rings (SSSR count). The zero-order chi connectivity index (χ0) is 15.1. The predicted molar refractivity (Wildman–Crippen MR) is 80.0 cm³/mol. The van der Waals surface area contributed by atoms with Crippen LogP contribution in [0, 0.1) is 0 Å². The number of rotatable bonds is 3. The van der Waals surface area contributed by atoms with Gasteiger partial charge in [-0.25, -0.2) is 8.42 Å². The molecule has 21 heavy (non-hydrogen) atoms. The fourth-order valence-electron chi connectivity index (χ4n) is 3.10. The van der Waals surface area contributed by atoms with E-state index in [1.165, 1.54) is 6.07 Å². The van der Waals surface area contributed by atoms with Crippen LogP contribution in [0.25, 0.3) is 10.8 Å². The van der Waals surface area contributed by atoms with Crippen LogP contribution in [0.4, 0.5) is 0 Å². The lowest BCUT2D eigenvalue weighted by Gasteiger charge is -2.24. The molecule has 4 nitrogen and oxygen atoms in total. The second-order valence-corrected chi connectivity index (χ2v) is 7.78. The van der Waals surface area contributed by atoms with Crippen molar-refractivity contribution in [2.75, 3.05) is 0 Å². The minimum Gasteiger partial charge on any atom is -0.480 e. The molecule has 0 heterocycles. The molecule has 0 bridgehead atoms. The maximum Gasteiger partial charge on any atom is 0.325 e. The third-order valence-electron chi connectivity index (χ3n) is 4.35. The Balaban J connectivity index is 2.17. The van der Waals surface area contributed by atoms with E-state index in [1.54, 1.807) is 12.1 Å². The Bertz CT molecular complexity index is 802. The molecule has 2 aromatic carbocycles. The van der Waals surface area contributed by atoms with Crippen molar-refractivity contribution in [3.63, 3.8) is 0 Å². The largest absolute Gasteiger partial charge is 0.480 e. The van der Waals surface area contributed by atoms with E-state index in [2.05, 4.69) is 0 Å². The summed E-state index contributed by atoms with van der Waals surface area (Å²) in [6, 6.07) is 12.3. The highest BCUT2D eigenvalue weighted by atomic mass is 32.2. The Morgan fingerprint density at radius 2 is 1.62 bits per heavy atom. The molecule has 0 atom stereocenters. The summed E-state index contributed by atoms with van der Waals surface area (Å²) in [6.45, 7) is 0. The van der Waals surface area contributed by atoms with Gasteiger partial charge in [0, 0.05) is 0 Å². The van der Waals surface area contributed by atoms with Gasteiger partial charge in [0.25, 0.3) is 0 Å². The van der Waals surface area contributed by atoms with E-state index in [-0.39, 0.29) is 17.7 Å². The Kier molecular flexibility index (Phi) is 3.24. The van der Waals surface area contributed by atoms with Crippen molar-refractivity contribution >= 4 is 26.6 Å². The molecule has 1 aliphatic carbocycles.